The first-order valence-corrected chi connectivity index (χ1v) is 5.38. The Kier molecular flexibility index (Phi) is 4.14. The van der Waals surface area contributed by atoms with E-state index < -0.39 is 0 Å². The van der Waals surface area contributed by atoms with E-state index in [0.717, 1.165) is 31.5 Å². The summed E-state index contributed by atoms with van der Waals surface area (Å²) >= 11 is 0. The fourth-order valence-electron chi connectivity index (χ4n) is 1.59. The van der Waals surface area contributed by atoms with Crippen molar-refractivity contribution >= 4 is 0 Å². The maximum absolute atomic E-state index is 9.46. The van der Waals surface area contributed by atoms with Crippen molar-refractivity contribution < 1.29 is 5.11 Å². The molecule has 0 amide bonds. The summed E-state index contributed by atoms with van der Waals surface area (Å²) in [5.41, 5.74) is 2.30. The van der Waals surface area contributed by atoms with Gasteiger partial charge in [0, 0.05) is 12.2 Å². The van der Waals surface area contributed by atoms with Crippen molar-refractivity contribution in [3.63, 3.8) is 0 Å². The van der Waals surface area contributed by atoms with Crippen LogP contribution < -0.4 is 0 Å². The zero-order chi connectivity index (χ0) is 10.6. The fraction of sp³-hybridized carbons (Fsp3) is 0.727. The Bertz CT molecular complexity index is 281. The molecule has 0 saturated heterocycles. The molecule has 0 aliphatic heterocycles. The molecule has 1 atom stereocenters. The van der Waals surface area contributed by atoms with Gasteiger partial charge in [-0.1, -0.05) is 6.92 Å². The van der Waals surface area contributed by atoms with Gasteiger partial charge in [-0.15, -0.1) is 0 Å². The van der Waals surface area contributed by atoms with E-state index in [4.69, 9.17) is 0 Å². The Morgan fingerprint density at radius 2 is 2.21 bits per heavy atom. The van der Waals surface area contributed by atoms with Crippen LogP contribution in [-0.4, -0.2) is 21.0 Å². The molecule has 0 fully saturated rings. The monoisotopic (exact) mass is 196 g/mol. The lowest BCUT2D eigenvalue weighted by Gasteiger charge is -2.08. The Hall–Kier alpha value is -0.830. The molecule has 1 aromatic rings. The molecule has 0 radical (unpaired) electrons. The normalized spacial score (nSPS) is 13.1. The van der Waals surface area contributed by atoms with Crippen LogP contribution in [0.5, 0.6) is 0 Å². The minimum Gasteiger partial charge on any atom is -0.393 e. The first-order chi connectivity index (χ1) is 6.67. The zero-order valence-electron chi connectivity index (χ0n) is 9.32. The smallest absolute Gasteiger partial charge is 0.0596 e. The molecular weight excluding hydrogens is 176 g/mol. The largest absolute Gasteiger partial charge is 0.393 e. The van der Waals surface area contributed by atoms with E-state index in [9.17, 15) is 5.11 Å². The standard InChI is InChI=1S/C11H20N2O/c1-4-11(14)7-6-10-8-9(3)12-13(10)5-2/h8,11,14H,4-7H2,1-3H3. The van der Waals surface area contributed by atoms with Crippen LogP contribution in [0.2, 0.25) is 0 Å². The van der Waals surface area contributed by atoms with Crippen LogP contribution in [0.25, 0.3) is 0 Å². The second kappa shape index (κ2) is 5.15. The predicted octanol–water partition coefficient (Wildman–Crippen LogP) is 1.91. The number of aryl methyl sites for hydroxylation is 3. The highest BCUT2D eigenvalue weighted by molar-refractivity contribution is 5.09. The summed E-state index contributed by atoms with van der Waals surface area (Å²) in [7, 11) is 0. The minimum atomic E-state index is -0.171. The van der Waals surface area contributed by atoms with Gasteiger partial charge in [0.1, 0.15) is 0 Å². The van der Waals surface area contributed by atoms with Crippen molar-refractivity contribution in [3.8, 4) is 0 Å². The molecule has 1 heterocycles. The quantitative estimate of drug-likeness (QED) is 0.781. The van der Waals surface area contributed by atoms with Gasteiger partial charge in [0.15, 0.2) is 0 Å². The van der Waals surface area contributed by atoms with Crippen molar-refractivity contribution in [2.24, 2.45) is 0 Å². The SMILES string of the molecule is CCC(O)CCc1cc(C)nn1CC. The molecule has 80 valence electrons. The molecule has 0 aliphatic rings. The summed E-state index contributed by atoms with van der Waals surface area (Å²) in [6, 6.07) is 2.10. The highest BCUT2D eigenvalue weighted by atomic mass is 16.3. The van der Waals surface area contributed by atoms with Gasteiger partial charge in [-0.3, -0.25) is 4.68 Å². The third-order valence-electron chi connectivity index (χ3n) is 2.49. The van der Waals surface area contributed by atoms with Crippen LogP contribution in [0.3, 0.4) is 0 Å². The van der Waals surface area contributed by atoms with Crippen LogP contribution in [0.4, 0.5) is 0 Å². The minimum absolute atomic E-state index is 0.171. The lowest BCUT2D eigenvalue weighted by Crippen LogP contribution is -2.09. The van der Waals surface area contributed by atoms with Gasteiger partial charge in [0.25, 0.3) is 0 Å². The number of aliphatic hydroxyl groups is 1. The van der Waals surface area contributed by atoms with Gasteiger partial charge in [0.2, 0.25) is 0 Å². The Morgan fingerprint density at radius 3 is 2.79 bits per heavy atom. The summed E-state index contributed by atoms with van der Waals surface area (Å²) < 4.78 is 2.01. The van der Waals surface area contributed by atoms with Crippen LogP contribution in [-0.2, 0) is 13.0 Å². The lowest BCUT2D eigenvalue weighted by molar-refractivity contribution is 0.160. The maximum Gasteiger partial charge on any atom is 0.0596 e. The maximum atomic E-state index is 9.46. The molecule has 14 heavy (non-hydrogen) atoms. The predicted molar refractivity (Wildman–Crippen MR) is 57.3 cm³/mol. The molecular formula is C11H20N2O. The summed E-state index contributed by atoms with van der Waals surface area (Å²) in [5, 5.41) is 13.8. The third kappa shape index (κ3) is 2.84. The fourth-order valence-corrected chi connectivity index (χ4v) is 1.59. The second-order valence-electron chi connectivity index (χ2n) is 3.69. The number of rotatable bonds is 5. The average molecular weight is 196 g/mol. The molecule has 3 nitrogen and oxygen atoms in total. The summed E-state index contributed by atoms with van der Waals surface area (Å²) in [5.74, 6) is 0. The van der Waals surface area contributed by atoms with Crippen LogP contribution in [0.1, 0.15) is 38.1 Å². The summed E-state index contributed by atoms with van der Waals surface area (Å²) in [6.45, 7) is 7.01. The van der Waals surface area contributed by atoms with E-state index in [-0.39, 0.29) is 6.10 Å². The highest BCUT2D eigenvalue weighted by Gasteiger charge is 2.06. The number of aliphatic hydroxyl groups excluding tert-OH is 1. The molecule has 1 aromatic heterocycles. The second-order valence-corrected chi connectivity index (χ2v) is 3.69. The van der Waals surface area contributed by atoms with Gasteiger partial charge in [-0.2, -0.15) is 5.10 Å². The average Bonchev–Trinajstić information content (AvgIpc) is 2.55. The van der Waals surface area contributed by atoms with E-state index >= 15 is 0 Å². The van der Waals surface area contributed by atoms with Crippen molar-refractivity contribution in [3.05, 3.63) is 17.5 Å². The molecule has 0 aromatic carbocycles. The molecule has 0 spiro atoms. The third-order valence-corrected chi connectivity index (χ3v) is 2.49. The lowest BCUT2D eigenvalue weighted by atomic mass is 10.1. The number of aromatic nitrogens is 2. The Morgan fingerprint density at radius 1 is 1.50 bits per heavy atom. The molecule has 1 unspecified atom stereocenters. The molecule has 0 bridgehead atoms. The van der Waals surface area contributed by atoms with Crippen molar-refractivity contribution in [1.29, 1.82) is 0 Å². The number of nitrogens with zero attached hydrogens (tertiary/aromatic N) is 2. The molecule has 1 rings (SSSR count). The van der Waals surface area contributed by atoms with E-state index in [0.29, 0.717) is 0 Å². The molecule has 1 N–H and O–H groups in total. The van der Waals surface area contributed by atoms with Crippen molar-refractivity contribution in [2.75, 3.05) is 0 Å². The van der Waals surface area contributed by atoms with Crippen molar-refractivity contribution in [2.45, 2.75) is 52.7 Å². The Balaban J connectivity index is 2.57. The zero-order valence-corrected chi connectivity index (χ0v) is 9.32. The van der Waals surface area contributed by atoms with Crippen LogP contribution in [0, 0.1) is 6.92 Å². The van der Waals surface area contributed by atoms with Gasteiger partial charge < -0.3 is 5.11 Å². The Labute approximate surface area is 85.8 Å². The van der Waals surface area contributed by atoms with E-state index in [2.05, 4.69) is 18.1 Å². The topological polar surface area (TPSA) is 38.1 Å². The van der Waals surface area contributed by atoms with Crippen LogP contribution >= 0.6 is 0 Å². The van der Waals surface area contributed by atoms with Gasteiger partial charge in [-0.25, -0.2) is 0 Å². The van der Waals surface area contributed by atoms with Crippen molar-refractivity contribution in [1.82, 2.24) is 9.78 Å². The number of hydrogen-bond acceptors (Lipinski definition) is 2. The van der Waals surface area contributed by atoms with E-state index in [1.165, 1.54) is 5.69 Å². The molecule has 3 heteroatoms. The molecule has 0 saturated carbocycles. The van der Waals surface area contributed by atoms with Gasteiger partial charge in [-0.05, 0) is 39.2 Å². The first-order valence-electron chi connectivity index (χ1n) is 5.38. The summed E-state index contributed by atoms with van der Waals surface area (Å²) in [6.07, 6.45) is 2.42. The highest BCUT2D eigenvalue weighted by Crippen LogP contribution is 2.09. The number of hydrogen-bond donors (Lipinski definition) is 1. The van der Waals surface area contributed by atoms with E-state index in [1.54, 1.807) is 0 Å². The van der Waals surface area contributed by atoms with Gasteiger partial charge >= 0.3 is 0 Å². The first kappa shape index (κ1) is 11.2. The summed E-state index contributed by atoms with van der Waals surface area (Å²) in [4.78, 5) is 0. The molecule has 0 aliphatic carbocycles. The van der Waals surface area contributed by atoms with E-state index in [1.807, 2.05) is 18.5 Å². The van der Waals surface area contributed by atoms with Gasteiger partial charge in [0.05, 0.1) is 11.8 Å². The van der Waals surface area contributed by atoms with Crippen LogP contribution in [0.15, 0.2) is 6.07 Å².